The first-order valence-corrected chi connectivity index (χ1v) is 6.43. The molecular weight excluding hydrogens is 278 g/mol. The van der Waals surface area contributed by atoms with E-state index in [0.717, 1.165) is 18.7 Å². The number of hydrogen-bond acceptors (Lipinski definition) is 3. The van der Waals surface area contributed by atoms with Crippen molar-refractivity contribution in [3.05, 3.63) is 30.3 Å². The first-order chi connectivity index (χ1) is 9.13. The summed E-state index contributed by atoms with van der Waals surface area (Å²) >= 11 is 0. The summed E-state index contributed by atoms with van der Waals surface area (Å²) in [4.78, 5) is 23.4. The average Bonchev–Trinajstić information content (AvgIpc) is 2.40. The third kappa shape index (κ3) is 7.11. The summed E-state index contributed by atoms with van der Waals surface area (Å²) in [7, 11) is 1.84. The maximum atomic E-state index is 11.8. The number of hydrogen-bond donors (Lipinski definition) is 3. The zero-order chi connectivity index (χ0) is 14.1. The van der Waals surface area contributed by atoms with Crippen molar-refractivity contribution in [3.8, 4) is 0 Å². The van der Waals surface area contributed by atoms with E-state index in [-0.39, 0.29) is 24.2 Å². The van der Waals surface area contributed by atoms with Crippen LogP contribution < -0.4 is 16.0 Å². The molecule has 0 bridgehead atoms. The molecule has 6 heteroatoms. The standard InChI is InChI=1S/C14H21N3O2.ClH/c1-11(16-13(18)9-6-10-15-2)14(19)17-12-7-4-3-5-8-12;/h3-5,7-8,11,15H,6,9-10H2,1-2H3,(H,16,18)(H,17,19);1H. The zero-order valence-corrected chi connectivity index (χ0v) is 12.6. The summed E-state index contributed by atoms with van der Waals surface area (Å²) in [5, 5.41) is 8.40. The molecule has 1 aromatic carbocycles. The smallest absolute Gasteiger partial charge is 0.246 e. The lowest BCUT2D eigenvalue weighted by atomic mass is 10.2. The molecule has 1 aromatic rings. The molecule has 0 fully saturated rings. The highest BCUT2D eigenvalue weighted by Crippen LogP contribution is 2.05. The number of anilines is 1. The summed E-state index contributed by atoms with van der Waals surface area (Å²) in [6.07, 6.45) is 1.18. The number of benzene rings is 1. The number of nitrogens with one attached hydrogen (secondary N) is 3. The fourth-order valence-corrected chi connectivity index (χ4v) is 1.58. The first kappa shape index (κ1) is 18.4. The van der Waals surface area contributed by atoms with E-state index in [1.807, 2.05) is 25.2 Å². The average molecular weight is 300 g/mol. The number of para-hydroxylation sites is 1. The van der Waals surface area contributed by atoms with Crippen LogP contribution in [0.25, 0.3) is 0 Å². The fraction of sp³-hybridized carbons (Fsp3) is 0.429. The molecular formula is C14H22ClN3O2. The summed E-state index contributed by atoms with van der Waals surface area (Å²) in [5.41, 5.74) is 0.726. The molecule has 0 saturated heterocycles. The van der Waals surface area contributed by atoms with Gasteiger partial charge in [0.2, 0.25) is 11.8 Å². The molecule has 0 aliphatic rings. The van der Waals surface area contributed by atoms with Crippen LogP contribution in [0.5, 0.6) is 0 Å². The molecule has 0 heterocycles. The van der Waals surface area contributed by atoms with E-state index in [0.29, 0.717) is 6.42 Å². The number of carbonyl (C=O) groups is 2. The van der Waals surface area contributed by atoms with Gasteiger partial charge in [-0.05, 0) is 39.1 Å². The van der Waals surface area contributed by atoms with Crippen molar-refractivity contribution in [2.75, 3.05) is 18.9 Å². The Kier molecular flexibility index (Phi) is 9.41. The molecule has 1 unspecified atom stereocenters. The van der Waals surface area contributed by atoms with Gasteiger partial charge in [-0.25, -0.2) is 0 Å². The van der Waals surface area contributed by atoms with Crippen LogP contribution in [0, 0.1) is 0 Å². The fourth-order valence-electron chi connectivity index (χ4n) is 1.58. The quantitative estimate of drug-likeness (QED) is 0.669. The van der Waals surface area contributed by atoms with Gasteiger partial charge in [-0.15, -0.1) is 12.4 Å². The van der Waals surface area contributed by atoms with Gasteiger partial charge in [0.05, 0.1) is 0 Å². The minimum atomic E-state index is -0.540. The second-order valence-electron chi connectivity index (χ2n) is 4.35. The van der Waals surface area contributed by atoms with E-state index in [4.69, 9.17) is 0 Å². The number of carbonyl (C=O) groups excluding carboxylic acids is 2. The van der Waals surface area contributed by atoms with Crippen LogP contribution in [0.4, 0.5) is 5.69 Å². The van der Waals surface area contributed by atoms with E-state index in [1.165, 1.54) is 0 Å². The van der Waals surface area contributed by atoms with Crippen LogP contribution in [-0.2, 0) is 9.59 Å². The molecule has 112 valence electrons. The van der Waals surface area contributed by atoms with Crippen LogP contribution in [0.3, 0.4) is 0 Å². The van der Waals surface area contributed by atoms with Crippen LogP contribution >= 0.6 is 12.4 Å². The van der Waals surface area contributed by atoms with Gasteiger partial charge < -0.3 is 16.0 Å². The monoisotopic (exact) mass is 299 g/mol. The molecule has 0 spiro atoms. The second kappa shape index (κ2) is 10.2. The van der Waals surface area contributed by atoms with Crippen molar-refractivity contribution in [2.45, 2.75) is 25.8 Å². The topological polar surface area (TPSA) is 70.2 Å². The lowest BCUT2D eigenvalue weighted by molar-refractivity contribution is -0.126. The normalized spacial score (nSPS) is 11.1. The van der Waals surface area contributed by atoms with Gasteiger partial charge in [0.25, 0.3) is 0 Å². The Bertz CT molecular complexity index is 412. The van der Waals surface area contributed by atoms with Gasteiger partial charge in [0.1, 0.15) is 6.04 Å². The first-order valence-electron chi connectivity index (χ1n) is 6.43. The number of halogens is 1. The van der Waals surface area contributed by atoms with Crippen LogP contribution in [0.15, 0.2) is 30.3 Å². The Morgan fingerprint density at radius 3 is 2.45 bits per heavy atom. The van der Waals surface area contributed by atoms with E-state index < -0.39 is 6.04 Å². The lowest BCUT2D eigenvalue weighted by Gasteiger charge is -2.14. The highest BCUT2D eigenvalue weighted by atomic mass is 35.5. The summed E-state index contributed by atoms with van der Waals surface area (Å²) < 4.78 is 0. The van der Waals surface area contributed by atoms with Crippen molar-refractivity contribution >= 4 is 29.9 Å². The third-order valence-corrected chi connectivity index (χ3v) is 2.64. The molecule has 0 aromatic heterocycles. The Morgan fingerprint density at radius 1 is 1.20 bits per heavy atom. The SMILES string of the molecule is CNCCCC(=O)NC(C)C(=O)Nc1ccccc1.Cl. The van der Waals surface area contributed by atoms with Gasteiger partial charge in [-0.2, -0.15) is 0 Å². The molecule has 0 aliphatic heterocycles. The summed E-state index contributed by atoms with van der Waals surface area (Å²) in [5.74, 6) is -0.320. The maximum absolute atomic E-state index is 11.8. The Labute approximate surface area is 125 Å². The van der Waals surface area contributed by atoms with E-state index in [1.54, 1.807) is 19.1 Å². The maximum Gasteiger partial charge on any atom is 0.246 e. The van der Waals surface area contributed by atoms with Gasteiger partial charge >= 0.3 is 0 Å². The van der Waals surface area contributed by atoms with E-state index in [2.05, 4.69) is 16.0 Å². The van der Waals surface area contributed by atoms with Gasteiger partial charge in [-0.1, -0.05) is 18.2 Å². The predicted molar refractivity (Wildman–Crippen MR) is 83.1 cm³/mol. The van der Waals surface area contributed by atoms with E-state index >= 15 is 0 Å². The van der Waals surface area contributed by atoms with Crippen LogP contribution in [-0.4, -0.2) is 31.4 Å². The highest BCUT2D eigenvalue weighted by molar-refractivity contribution is 5.96. The Balaban J connectivity index is 0.00000361. The van der Waals surface area contributed by atoms with E-state index in [9.17, 15) is 9.59 Å². The molecule has 3 N–H and O–H groups in total. The predicted octanol–water partition coefficient (Wildman–Crippen LogP) is 1.55. The summed E-state index contributed by atoms with van der Waals surface area (Å²) in [6, 6.07) is 8.64. The lowest BCUT2D eigenvalue weighted by Crippen LogP contribution is -2.41. The van der Waals surface area contributed by atoms with Crippen LogP contribution in [0.2, 0.25) is 0 Å². The van der Waals surface area contributed by atoms with Crippen molar-refractivity contribution in [1.82, 2.24) is 10.6 Å². The second-order valence-corrected chi connectivity index (χ2v) is 4.35. The van der Waals surface area contributed by atoms with Crippen molar-refractivity contribution in [1.29, 1.82) is 0 Å². The molecule has 0 saturated carbocycles. The Hall–Kier alpha value is -1.59. The highest BCUT2D eigenvalue weighted by Gasteiger charge is 2.15. The molecule has 0 aliphatic carbocycles. The molecule has 2 amide bonds. The molecule has 1 rings (SSSR count). The van der Waals surface area contributed by atoms with Gasteiger partial charge in [0, 0.05) is 12.1 Å². The molecule has 1 atom stereocenters. The summed E-state index contributed by atoms with van der Waals surface area (Å²) in [6.45, 7) is 2.46. The number of amides is 2. The van der Waals surface area contributed by atoms with Crippen molar-refractivity contribution < 1.29 is 9.59 Å². The van der Waals surface area contributed by atoms with Crippen LogP contribution in [0.1, 0.15) is 19.8 Å². The minimum Gasteiger partial charge on any atom is -0.345 e. The largest absolute Gasteiger partial charge is 0.345 e. The van der Waals surface area contributed by atoms with Gasteiger partial charge in [-0.3, -0.25) is 9.59 Å². The number of rotatable bonds is 7. The molecule has 20 heavy (non-hydrogen) atoms. The molecule has 0 radical (unpaired) electrons. The minimum absolute atomic E-state index is 0. The zero-order valence-electron chi connectivity index (χ0n) is 11.8. The Morgan fingerprint density at radius 2 is 1.85 bits per heavy atom. The van der Waals surface area contributed by atoms with Crippen molar-refractivity contribution in [2.24, 2.45) is 0 Å². The molecule has 5 nitrogen and oxygen atoms in total. The third-order valence-electron chi connectivity index (χ3n) is 2.64. The van der Waals surface area contributed by atoms with Gasteiger partial charge in [0.15, 0.2) is 0 Å². The van der Waals surface area contributed by atoms with Crippen molar-refractivity contribution in [3.63, 3.8) is 0 Å².